The first-order chi connectivity index (χ1) is 6.66. The molecule has 1 heterocycles. The van der Waals surface area contributed by atoms with Gasteiger partial charge in [-0.15, -0.1) is 11.8 Å². The molecule has 1 aliphatic rings. The predicted octanol–water partition coefficient (Wildman–Crippen LogP) is 1.51. The number of aliphatic carboxylic acids is 1. The third kappa shape index (κ3) is 3.14. The van der Waals surface area contributed by atoms with Crippen LogP contribution in [0.3, 0.4) is 0 Å². The molecular formula is C9H18N2O2S. The van der Waals surface area contributed by atoms with Crippen molar-refractivity contribution < 1.29 is 9.90 Å². The van der Waals surface area contributed by atoms with Crippen molar-refractivity contribution in [1.29, 1.82) is 0 Å². The van der Waals surface area contributed by atoms with Gasteiger partial charge in [0.2, 0.25) is 0 Å². The number of hydrogen-bond acceptors (Lipinski definition) is 4. The van der Waals surface area contributed by atoms with Crippen molar-refractivity contribution >= 4 is 17.7 Å². The van der Waals surface area contributed by atoms with Crippen molar-refractivity contribution in [3.8, 4) is 0 Å². The Balaban J connectivity index is 0.000000791. The Morgan fingerprint density at radius 2 is 2.29 bits per heavy atom. The number of nitrogens with zero attached hydrogens (tertiary/aromatic N) is 1. The maximum atomic E-state index is 10.6. The molecule has 1 unspecified atom stereocenters. The fraction of sp³-hybridized carbons (Fsp3) is 0.667. The van der Waals surface area contributed by atoms with Gasteiger partial charge in [-0.2, -0.15) is 0 Å². The maximum absolute atomic E-state index is 10.6. The molecule has 1 atom stereocenters. The molecule has 4 nitrogen and oxygen atoms in total. The standard InChI is InChI=1S/C7H12N2O2S.C2H6/c1-3-12-7-8-4-5(6(10)11)9(7)2;1-2/h4,7-8H,3H2,1-2H3,(H,10,11);1-2H3. The van der Waals surface area contributed by atoms with E-state index in [1.54, 1.807) is 23.7 Å². The summed E-state index contributed by atoms with van der Waals surface area (Å²) < 4.78 is 0. The Kier molecular flexibility index (Phi) is 6.19. The Bertz CT molecular complexity index is 219. The molecule has 0 saturated heterocycles. The van der Waals surface area contributed by atoms with E-state index in [1.807, 2.05) is 20.8 Å². The molecule has 82 valence electrons. The van der Waals surface area contributed by atoms with Crippen molar-refractivity contribution in [2.24, 2.45) is 0 Å². The van der Waals surface area contributed by atoms with Crippen LogP contribution < -0.4 is 5.32 Å². The fourth-order valence-corrected chi connectivity index (χ4v) is 1.84. The number of carboxylic acids is 1. The minimum absolute atomic E-state index is 0.0705. The number of rotatable bonds is 3. The van der Waals surface area contributed by atoms with Crippen molar-refractivity contribution in [3.05, 3.63) is 11.9 Å². The van der Waals surface area contributed by atoms with E-state index in [9.17, 15) is 4.79 Å². The van der Waals surface area contributed by atoms with Crippen molar-refractivity contribution in [3.63, 3.8) is 0 Å². The van der Waals surface area contributed by atoms with Crippen LogP contribution >= 0.6 is 11.8 Å². The molecular weight excluding hydrogens is 200 g/mol. The van der Waals surface area contributed by atoms with Crippen LogP contribution in [0.1, 0.15) is 20.8 Å². The Morgan fingerprint density at radius 3 is 2.64 bits per heavy atom. The lowest BCUT2D eigenvalue weighted by Crippen LogP contribution is -2.32. The van der Waals surface area contributed by atoms with Gasteiger partial charge in [0.15, 0.2) is 0 Å². The van der Waals surface area contributed by atoms with E-state index < -0.39 is 5.97 Å². The Morgan fingerprint density at radius 1 is 1.71 bits per heavy atom. The van der Waals surface area contributed by atoms with Gasteiger partial charge in [-0.1, -0.05) is 20.8 Å². The minimum Gasteiger partial charge on any atom is -0.477 e. The minimum atomic E-state index is -0.885. The van der Waals surface area contributed by atoms with E-state index in [4.69, 9.17) is 5.11 Å². The highest BCUT2D eigenvalue weighted by Crippen LogP contribution is 2.20. The third-order valence-electron chi connectivity index (χ3n) is 1.64. The second-order valence-electron chi connectivity index (χ2n) is 2.42. The van der Waals surface area contributed by atoms with Gasteiger partial charge in [0.05, 0.1) is 0 Å². The molecule has 0 radical (unpaired) electrons. The van der Waals surface area contributed by atoms with Crippen molar-refractivity contribution in [2.75, 3.05) is 12.8 Å². The summed E-state index contributed by atoms with van der Waals surface area (Å²) in [6, 6.07) is 0. The van der Waals surface area contributed by atoms with Crippen LogP contribution in [-0.2, 0) is 4.79 Å². The van der Waals surface area contributed by atoms with Gasteiger partial charge in [-0.05, 0) is 5.75 Å². The summed E-state index contributed by atoms with van der Waals surface area (Å²) in [6.45, 7) is 6.04. The summed E-state index contributed by atoms with van der Waals surface area (Å²) >= 11 is 1.67. The van der Waals surface area contributed by atoms with Gasteiger partial charge in [0.1, 0.15) is 11.2 Å². The number of carboxylic acid groups (broad SMARTS) is 1. The van der Waals surface area contributed by atoms with Crippen LogP contribution in [0.2, 0.25) is 0 Å². The first-order valence-corrected chi connectivity index (χ1v) is 5.75. The highest BCUT2D eigenvalue weighted by molar-refractivity contribution is 7.99. The molecule has 2 N–H and O–H groups in total. The van der Waals surface area contributed by atoms with Gasteiger partial charge in [-0.25, -0.2) is 4.79 Å². The summed E-state index contributed by atoms with van der Waals surface area (Å²) in [5.41, 5.74) is 0.391. The van der Waals surface area contributed by atoms with Gasteiger partial charge < -0.3 is 15.3 Å². The van der Waals surface area contributed by atoms with Crippen LogP contribution in [0.15, 0.2) is 11.9 Å². The van der Waals surface area contributed by atoms with E-state index in [-0.39, 0.29) is 5.50 Å². The molecule has 1 rings (SSSR count). The molecule has 0 spiro atoms. The van der Waals surface area contributed by atoms with E-state index in [0.29, 0.717) is 5.70 Å². The smallest absolute Gasteiger partial charge is 0.353 e. The molecule has 0 bridgehead atoms. The van der Waals surface area contributed by atoms with E-state index in [2.05, 4.69) is 5.32 Å². The van der Waals surface area contributed by atoms with Crippen LogP contribution in [0.25, 0.3) is 0 Å². The number of carbonyl (C=O) groups is 1. The van der Waals surface area contributed by atoms with Gasteiger partial charge in [0.25, 0.3) is 0 Å². The van der Waals surface area contributed by atoms with Crippen LogP contribution in [0.4, 0.5) is 0 Å². The second kappa shape index (κ2) is 6.59. The normalized spacial score (nSPS) is 19.3. The SMILES string of the molecule is CC.CCSC1NC=C(C(=O)O)N1C. The number of hydrogen-bond donors (Lipinski definition) is 2. The zero-order valence-corrected chi connectivity index (χ0v) is 9.89. The van der Waals surface area contributed by atoms with Crippen molar-refractivity contribution in [1.82, 2.24) is 10.2 Å². The average Bonchev–Trinajstić information content (AvgIpc) is 2.52. The average molecular weight is 218 g/mol. The van der Waals surface area contributed by atoms with Crippen LogP contribution in [0, 0.1) is 0 Å². The quantitative estimate of drug-likeness (QED) is 0.752. The molecule has 0 aromatic heterocycles. The first kappa shape index (κ1) is 13.2. The molecule has 0 fully saturated rings. The monoisotopic (exact) mass is 218 g/mol. The fourth-order valence-electron chi connectivity index (χ4n) is 1.02. The van der Waals surface area contributed by atoms with Crippen LogP contribution in [-0.4, -0.2) is 34.3 Å². The molecule has 0 aromatic rings. The zero-order chi connectivity index (χ0) is 11.1. The van der Waals surface area contributed by atoms with Gasteiger partial charge in [0, 0.05) is 13.2 Å². The number of likely N-dealkylation sites (N-methyl/N-ethyl adjacent to an activating group) is 1. The maximum Gasteiger partial charge on any atom is 0.353 e. The predicted molar refractivity (Wildman–Crippen MR) is 59.9 cm³/mol. The second-order valence-corrected chi connectivity index (χ2v) is 3.78. The summed E-state index contributed by atoms with van der Waals surface area (Å²) in [7, 11) is 1.77. The van der Waals surface area contributed by atoms with Crippen LogP contribution in [0.5, 0.6) is 0 Å². The highest BCUT2D eigenvalue weighted by Gasteiger charge is 2.25. The van der Waals surface area contributed by atoms with Crippen molar-refractivity contribution in [2.45, 2.75) is 26.3 Å². The topological polar surface area (TPSA) is 52.6 Å². The Hall–Kier alpha value is -0.840. The van der Waals surface area contributed by atoms with E-state index >= 15 is 0 Å². The number of thioether (sulfide) groups is 1. The number of nitrogens with one attached hydrogen (secondary N) is 1. The summed E-state index contributed by atoms with van der Waals surface area (Å²) in [6.07, 6.45) is 1.54. The van der Waals surface area contributed by atoms with Gasteiger partial charge >= 0.3 is 5.97 Å². The Labute approximate surface area is 89.4 Å². The van der Waals surface area contributed by atoms with E-state index in [1.165, 1.54) is 6.20 Å². The third-order valence-corrected chi connectivity index (χ3v) is 2.74. The first-order valence-electron chi connectivity index (χ1n) is 4.70. The molecule has 0 saturated carbocycles. The molecule has 1 aliphatic heterocycles. The molecule has 0 amide bonds. The lowest BCUT2D eigenvalue weighted by molar-refractivity contribution is -0.134. The molecule has 5 heteroatoms. The molecule has 0 aliphatic carbocycles. The zero-order valence-electron chi connectivity index (χ0n) is 9.07. The summed E-state index contributed by atoms with van der Waals surface area (Å²) in [4.78, 5) is 12.3. The molecule has 0 aromatic carbocycles. The highest BCUT2D eigenvalue weighted by atomic mass is 32.2. The summed E-state index contributed by atoms with van der Waals surface area (Å²) in [5, 5.41) is 11.7. The largest absolute Gasteiger partial charge is 0.477 e. The summed E-state index contributed by atoms with van der Waals surface area (Å²) in [5.74, 6) is 0.0761. The van der Waals surface area contributed by atoms with E-state index in [0.717, 1.165) is 5.75 Å². The lowest BCUT2D eigenvalue weighted by atomic mass is 10.5. The lowest BCUT2D eigenvalue weighted by Gasteiger charge is -2.21. The molecule has 14 heavy (non-hydrogen) atoms. The van der Waals surface area contributed by atoms with Gasteiger partial charge in [-0.3, -0.25) is 0 Å².